The molecule has 1 N–H and O–H groups in total. The predicted molar refractivity (Wildman–Crippen MR) is 56.4 cm³/mol. The summed E-state index contributed by atoms with van der Waals surface area (Å²) < 4.78 is 22.8. The molecule has 0 aromatic rings. The van der Waals surface area contributed by atoms with E-state index in [-0.39, 0.29) is 29.6 Å². The van der Waals surface area contributed by atoms with E-state index < -0.39 is 9.84 Å². The first-order valence-electron chi connectivity index (χ1n) is 5.31. The molecular weight excluding hydrogens is 216 g/mol. The Morgan fingerprint density at radius 1 is 1.47 bits per heavy atom. The van der Waals surface area contributed by atoms with E-state index in [9.17, 15) is 13.2 Å². The Morgan fingerprint density at radius 3 is 2.87 bits per heavy atom. The number of hydrogen-bond acceptors (Lipinski definition) is 3. The smallest absolute Gasteiger partial charge is 0.318 e. The van der Waals surface area contributed by atoms with Gasteiger partial charge < -0.3 is 10.2 Å². The van der Waals surface area contributed by atoms with Crippen LogP contribution in [0.5, 0.6) is 0 Å². The second-order valence-corrected chi connectivity index (χ2v) is 6.40. The van der Waals surface area contributed by atoms with Crippen LogP contribution in [0.4, 0.5) is 4.79 Å². The first-order valence-corrected chi connectivity index (χ1v) is 7.13. The third-order valence-electron chi connectivity index (χ3n) is 3.05. The lowest BCUT2D eigenvalue weighted by Crippen LogP contribution is -2.37. The van der Waals surface area contributed by atoms with Crippen molar-refractivity contribution in [1.82, 2.24) is 10.2 Å². The lowest BCUT2D eigenvalue weighted by Gasteiger charge is -2.20. The van der Waals surface area contributed by atoms with Crippen molar-refractivity contribution in [3.63, 3.8) is 0 Å². The summed E-state index contributed by atoms with van der Waals surface area (Å²) in [4.78, 5) is 13.2. The Kier molecular flexibility index (Phi) is 2.62. The van der Waals surface area contributed by atoms with E-state index in [2.05, 4.69) is 12.2 Å². The van der Waals surface area contributed by atoms with Crippen LogP contribution in [0, 0.1) is 0 Å². The van der Waals surface area contributed by atoms with Crippen molar-refractivity contribution in [1.29, 1.82) is 0 Å². The topological polar surface area (TPSA) is 66.5 Å². The number of carbonyl (C=O) groups is 1. The lowest BCUT2D eigenvalue weighted by molar-refractivity contribution is 0.206. The Balaban J connectivity index is 2.09. The number of amides is 2. The summed E-state index contributed by atoms with van der Waals surface area (Å²) in [5, 5.41) is 2.74. The number of nitrogens with zero attached hydrogens (tertiary/aromatic N) is 1. The highest BCUT2D eigenvalue weighted by atomic mass is 32.2. The van der Waals surface area contributed by atoms with E-state index in [4.69, 9.17) is 0 Å². The zero-order valence-electron chi connectivity index (χ0n) is 8.77. The number of rotatable bonds is 3. The Morgan fingerprint density at radius 2 is 2.20 bits per heavy atom. The molecule has 15 heavy (non-hydrogen) atoms. The van der Waals surface area contributed by atoms with E-state index in [1.54, 1.807) is 4.90 Å². The summed E-state index contributed by atoms with van der Waals surface area (Å²) in [6, 6.07) is -0.415. The van der Waals surface area contributed by atoms with Crippen LogP contribution in [-0.4, -0.2) is 49.5 Å². The molecule has 2 fully saturated rings. The molecule has 2 saturated heterocycles. The molecule has 0 radical (unpaired) electrons. The maximum absolute atomic E-state index is 11.5. The zero-order valence-corrected chi connectivity index (χ0v) is 9.59. The number of carbonyl (C=O) groups excluding carboxylic acids is 1. The summed E-state index contributed by atoms with van der Waals surface area (Å²) in [5.74, 6) is 0.228. The van der Waals surface area contributed by atoms with Gasteiger partial charge in [0.1, 0.15) is 0 Å². The number of nitrogens with one attached hydrogen (secondary N) is 1. The molecule has 0 aromatic heterocycles. The molecule has 0 bridgehead atoms. The zero-order chi connectivity index (χ0) is 11.1. The molecule has 0 spiro atoms. The molecular formula is C9H16N2O3S. The number of hydrogen-bond donors (Lipinski definition) is 1. The van der Waals surface area contributed by atoms with Crippen molar-refractivity contribution in [3.05, 3.63) is 0 Å². The molecule has 2 amide bonds. The molecule has 0 aromatic carbocycles. The van der Waals surface area contributed by atoms with Gasteiger partial charge in [-0.25, -0.2) is 13.2 Å². The van der Waals surface area contributed by atoms with Crippen molar-refractivity contribution in [2.24, 2.45) is 0 Å². The Labute approximate surface area is 89.7 Å². The molecule has 0 unspecified atom stereocenters. The van der Waals surface area contributed by atoms with Crippen LogP contribution >= 0.6 is 0 Å². The molecule has 2 rings (SSSR count). The van der Waals surface area contributed by atoms with Crippen molar-refractivity contribution in [3.8, 4) is 0 Å². The van der Waals surface area contributed by atoms with E-state index in [0.717, 1.165) is 12.8 Å². The highest BCUT2D eigenvalue weighted by Gasteiger charge is 2.48. The van der Waals surface area contributed by atoms with Crippen molar-refractivity contribution < 1.29 is 13.2 Å². The first kappa shape index (κ1) is 10.7. The van der Waals surface area contributed by atoms with Gasteiger partial charge in [-0.3, -0.25) is 0 Å². The molecule has 0 saturated carbocycles. The highest BCUT2D eigenvalue weighted by molar-refractivity contribution is 7.91. The van der Waals surface area contributed by atoms with Gasteiger partial charge in [-0.2, -0.15) is 0 Å². The van der Waals surface area contributed by atoms with Gasteiger partial charge in [0.2, 0.25) is 0 Å². The van der Waals surface area contributed by atoms with Gasteiger partial charge in [-0.15, -0.1) is 0 Å². The standard InChI is InChI=1S/C9H16N2O3S/c1-2-3-4-11-8-6-15(13,14)5-7(8)10-9(11)12/h7-8H,2-6H2,1H3,(H,10,12)/t7-,8+/m0/s1. The minimum Gasteiger partial charge on any atom is -0.332 e. The predicted octanol–water partition coefficient (Wildman–Crippen LogP) is -0.0227. The summed E-state index contributed by atoms with van der Waals surface area (Å²) in [6.45, 7) is 2.72. The molecule has 5 nitrogen and oxygen atoms in total. The van der Waals surface area contributed by atoms with Gasteiger partial charge in [0.25, 0.3) is 0 Å². The number of fused-ring (bicyclic) bond motifs is 1. The minimum atomic E-state index is -2.94. The van der Waals surface area contributed by atoms with E-state index in [1.165, 1.54) is 0 Å². The van der Waals surface area contributed by atoms with Crippen LogP contribution in [0.2, 0.25) is 0 Å². The average molecular weight is 232 g/mol. The number of urea groups is 1. The highest BCUT2D eigenvalue weighted by Crippen LogP contribution is 2.24. The van der Waals surface area contributed by atoms with Gasteiger partial charge in [-0.05, 0) is 6.42 Å². The lowest BCUT2D eigenvalue weighted by atomic mass is 10.2. The average Bonchev–Trinajstić information content (AvgIpc) is 2.54. The van der Waals surface area contributed by atoms with Crippen LogP contribution < -0.4 is 5.32 Å². The van der Waals surface area contributed by atoms with E-state index in [0.29, 0.717) is 6.54 Å². The summed E-state index contributed by atoms with van der Waals surface area (Å²) >= 11 is 0. The van der Waals surface area contributed by atoms with E-state index >= 15 is 0 Å². The Bertz CT molecular complexity index is 366. The van der Waals surface area contributed by atoms with Gasteiger partial charge in [0, 0.05) is 6.54 Å². The molecule has 2 atom stereocenters. The largest absolute Gasteiger partial charge is 0.332 e. The molecule has 0 aliphatic carbocycles. The van der Waals surface area contributed by atoms with Crippen LogP contribution in [0.15, 0.2) is 0 Å². The van der Waals surface area contributed by atoms with Crippen LogP contribution in [0.25, 0.3) is 0 Å². The minimum absolute atomic E-state index is 0.103. The number of unbranched alkanes of at least 4 members (excludes halogenated alkanes) is 1. The van der Waals surface area contributed by atoms with Crippen LogP contribution in [0.1, 0.15) is 19.8 Å². The molecule has 86 valence electrons. The van der Waals surface area contributed by atoms with Crippen molar-refractivity contribution >= 4 is 15.9 Å². The third kappa shape index (κ3) is 1.95. The number of sulfone groups is 1. The molecule has 2 heterocycles. The van der Waals surface area contributed by atoms with Gasteiger partial charge >= 0.3 is 6.03 Å². The molecule has 6 heteroatoms. The summed E-state index contributed by atoms with van der Waals surface area (Å²) in [6.07, 6.45) is 1.94. The van der Waals surface area contributed by atoms with Crippen LogP contribution in [-0.2, 0) is 9.84 Å². The van der Waals surface area contributed by atoms with Crippen molar-refractivity contribution in [2.75, 3.05) is 18.1 Å². The monoisotopic (exact) mass is 232 g/mol. The molecule has 2 aliphatic heterocycles. The second kappa shape index (κ2) is 3.66. The SMILES string of the molecule is CCCCN1C(=O)N[C@H]2CS(=O)(=O)C[C@H]21. The maximum Gasteiger partial charge on any atom is 0.318 e. The normalized spacial score (nSPS) is 32.9. The van der Waals surface area contributed by atoms with Crippen molar-refractivity contribution in [2.45, 2.75) is 31.8 Å². The van der Waals surface area contributed by atoms with Crippen LogP contribution in [0.3, 0.4) is 0 Å². The van der Waals surface area contributed by atoms with Gasteiger partial charge in [0.05, 0.1) is 23.6 Å². The third-order valence-corrected chi connectivity index (χ3v) is 4.76. The summed E-state index contributed by atoms with van der Waals surface area (Å²) in [7, 11) is -2.94. The fourth-order valence-corrected chi connectivity index (χ4v) is 4.18. The molecule has 2 aliphatic rings. The summed E-state index contributed by atoms with van der Waals surface area (Å²) in [5.41, 5.74) is 0. The van der Waals surface area contributed by atoms with Gasteiger partial charge in [0.15, 0.2) is 9.84 Å². The fraction of sp³-hybridized carbons (Fsp3) is 0.889. The quantitative estimate of drug-likeness (QED) is 0.695. The van der Waals surface area contributed by atoms with Gasteiger partial charge in [-0.1, -0.05) is 13.3 Å². The second-order valence-electron chi connectivity index (χ2n) is 4.25. The van der Waals surface area contributed by atoms with E-state index in [1.807, 2.05) is 0 Å². The first-order chi connectivity index (χ1) is 7.03. The Hall–Kier alpha value is -0.780. The fourth-order valence-electron chi connectivity index (χ4n) is 2.26. The maximum atomic E-state index is 11.5.